The molecule has 0 aliphatic carbocycles. The molecular weight excluding hydrogens is 92.1 g/mol. The van der Waals surface area contributed by atoms with Crippen LogP contribution >= 0.6 is 0 Å². The molecule has 1 saturated heterocycles. The topological polar surface area (TPSA) is 32.8 Å². The van der Waals surface area contributed by atoms with E-state index in [1.54, 1.807) is 0 Å². The minimum atomic E-state index is -0.750. The fourth-order valence-corrected chi connectivity index (χ4v) is 0.643. The van der Waals surface area contributed by atoms with Gasteiger partial charge in [0, 0.05) is 6.42 Å². The molecular formula is C5H10O2. The maximum absolute atomic E-state index is 8.98. The summed E-state index contributed by atoms with van der Waals surface area (Å²) in [6, 6.07) is 0. The van der Waals surface area contributed by atoms with E-state index in [1.165, 1.54) is 0 Å². The molecule has 1 aliphatic rings. The third kappa shape index (κ3) is 0.640. The zero-order valence-corrected chi connectivity index (χ0v) is 4.64. The minimum Gasteiger partial charge on any atom is -0.363 e. The normalized spacial score (nSPS) is 49.3. The summed E-state index contributed by atoms with van der Waals surface area (Å²) in [5.41, 5.74) is 0. The van der Waals surface area contributed by atoms with Crippen LogP contribution in [0.1, 0.15) is 20.3 Å². The van der Waals surface area contributed by atoms with Crippen molar-refractivity contribution in [3.8, 4) is 0 Å². The van der Waals surface area contributed by atoms with Crippen molar-refractivity contribution in [2.75, 3.05) is 0 Å². The largest absolute Gasteiger partial charge is 0.363 e. The number of epoxide rings is 1. The third-order valence-electron chi connectivity index (χ3n) is 1.47. The predicted molar refractivity (Wildman–Crippen MR) is 25.8 cm³/mol. The Balaban J connectivity index is 2.36. The van der Waals surface area contributed by atoms with Crippen LogP contribution < -0.4 is 0 Å². The Labute approximate surface area is 43.1 Å². The van der Waals surface area contributed by atoms with Crippen molar-refractivity contribution in [3.05, 3.63) is 0 Å². The molecule has 2 heteroatoms. The Bertz CT molecular complexity index is 78.1. The van der Waals surface area contributed by atoms with E-state index in [0.29, 0.717) is 6.42 Å². The minimum absolute atomic E-state index is 0.0671. The molecule has 1 heterocycles. The van der Waals surface area contributed by atoms with Crippen LogP contribution in [0.25, 0.3) is 0 Å². The second-order valence-electron chi connectivity index (χ2n) is 1.96. The van der Waals surface area contributed by atoms with E-state index in [-0.39, 0.29) is 6.10 Å². The highest BCUT2D eigenvalue weighted by Crippen LogP contribution is 2.35. The van der Waals surface area contributed by atoms with Gasteiger partial charge in [-0.05, 0) is 6.92 Å². The third-order valence-corrected chi connectivity index (χ3v) is 1.47. The van der Waals surface area contributed by atoms with Crippen molar-refractivity contribution in [1.82, 2.24) is 0 Å². The summed E-state index contributed by atoms with van der Waals surface area (Å²) in [5, 5.41) is 8.98. The van der Waals surface area contributed by atoms with Crippen molar-refractivity contribution < 1.29 is 9.84 Å². The second kappa shape index (κ2) is 1.20. The quantitative estimate of drug-likeness (QED) is 0.489. The maximum atomic E-state index is 8.98. The summed E-state index contributed by atoms with van der Waals surface area (Å²) in [5.74, 6) is -0.750. The van der Waals surface area contributed by atoms with Crippen LogP contribution in [-0.2, 0) is 4.74 Å². The van der Waals surface area contributed by atoms with Crippen LogP contribution in [0, 0.1) is 0 Å². The van der Waals surface area contributed by atoms with Gasteiger partial charge in [0.15, 0.2) is 5.79 Å². The Morgan fingerprint density at radius 3 is 2.29 bits per heavy atom. The van der Waals surface area contributed by atoms with Crippen LogP contribution in [0.5, 0.6) is 0 Å². The second-order valence-corrected chi connectivity index (χ2v) is 1.96. The summed E-state index contributed by atoms with van der Waals surface area (Å²) < 4.78 is 4.81. The number of rotatable bonds is 1. The number of hydrogen-bond donors (Lipinski definition) is 1. The monoisotopic (exact) mass is 102 g/mol. The van der Waals surface area contributed by atoms with Gasteiger partial charge in [-0.3, -0.25) is 0 Å². The van der Waals surface area contributed by atoms with E-state index in [0.717, 1.165) is 0 Å². The van der Waals surface area contributed by atoms with Crippen LogP contribution in [0.15, 0.2) is 0 Å². The smallest absolute Gasteiger partial charge is 0.192 e. The van der Waals surface area contributed by atoms with E-state index in [9.17, 15) is 0 Å². The molecule has 2 unspecified atom stereocenters. The molecule has 0 aromatic heterocycles. The van der Waals surface area contributed by atoms with Gasteiger partial charge in [0.2, 0.25) is 0 Å². The molecule has 0 aromatic rings. The lowest BCUT2D eigenvalue weighted by Gasteiger charge is -1.94. The van der Waals surface area contributed by atoms with Crippen molar-refractivity contribution in [2.45, 2.75) is 32.2 Å². The zero-order chi connectivity index (χ0) is 5.49. The summed E-state index contributed by atoms with van der Waals surface area (Å²) in [4.78, 5) is 0. The number of aliphatic hydroxyl groups is 1. The highest BCUT2D eigenvalue weighted by molar-refractivity contribution is 4.87. The van der Waals surface area contributed by atoms with Crippen molar-refractivity contribution in [1.29, 1.82) is 0 Å². The molecule has 2 atom stereocenters. The van der Waals surface area contributed by atoms with Crippen LogP contribution in [0.4, 0.5) is 0 Å². The fourth-order valence-electron chi connectivity index (χ4n) is 0.643. The Kier molecular flexibility index (Phi) is 0.869. The van der Waals surface area contributed by atoms with Crippen molar-refractivity contribution in [2.24, 2.45) is 0 Å². The predicted octanol–water partition coefficient (Wildman–Crippen LogP) is 0.504. The zero-order valence-electron chi connectivity index (χ0n) is 4.64. The lowest BCUT2D eigenvalue weighted by molar-refractivity contribution is 0.0332. The molecule has 0 amide bonds. The summed E-state index contributed by atoms with van der Waals surface area (Å²) in [6.07, 6.45) is 0.770. The number of hydrogen-bond acceptors (Lipinski definition) is 2. The van der Waals surface area contributed by atoms with E-state index in [1.807, 2.05) is 13.8 Å². The highest BCUT2D eigenvalue weighted by atomic mass is 16.7. The Morgan fingerprint density at radius 2 is 2.29 bits per heavy atom. The van der Waals surface area contributed by atoms with Gasteiger partial charge in [-0.1, -0.05) is 6.92 Å². The first-order chi connectivity index (χ1) is 3.19. The molecule has 1 aliphatic heterocycles. The lowest BCUT2D eigenvalue weighted by atomic mass is 10.2. The van der Waals surface area contributed by atoms with E-state index in [2.05, 4.69) is 0 Å². The number of ether oxygens (including phenoxy) is 1. The van der Waals surface area contributed by atoms with E-state index < -0.39 is 5.79 Å². The average Bonchev–Trinajstić information content (AvgIpc) is 2.18. The molecule has 1 rings (SSSR count). The van der Waals surface area contributed by atoms with Gasteiger partial charge in [-0.2, -0.15) is 0 Å². The van der Waals surface area contributed by atoms with Gasteiger partial charge in [-0.15, -0.1) is 0 Å². The Morgan fingerprint density at radius 1 is 1.86 bits per heavy atom. The summed E-state index contributed by atoms with van der Waals surface area (Å²) >= 11 is 0. The van der Waals surface area contributed by atoms with E-state index in [4.69, 9.17) is 9.84 Å². The van der Waals surface area contributed by atoms with Gasteiger partial charge in [-0.25, -0.2) is 0 Å². The molecule has 2 nitrogen and oxygen atoms in total. The maximum Gasteiger partial charge on any atom is 0.192 e. The first-order valence-corrected chi connectivity index (χ1v) is 2.59. The van der Waals surface area contributed by atoms with Crippen LogP contribution in [-0.4, -0.2) is 17.0 Å². The first-order valence-electron chi connectivity index (χ1n) is 2.59. The molecule has 42 valence electrons. The molecule has 1 N–H and O–H groups in total. The molecule has 0 bridgehead atoms. The fraction of sp³-hybridized carbons (Fsp3) is 1.00. The van der Waals surface area contributed by atoms with Gasteiger partial charge < -0.3 is 9.84 Å². The summed E-state index contributed by atoms with van der Waals surface area (Å²) in [6.45, 7) is 3.77. The standard InChI is InChI=1S/C5H10O2/c1-3-5(6)4(2)7-5/h4,6H,3H2,1-2H3. The van der Waals surface area contributed by atoms with Gasteiger partial charge in [0.25, 0.3) is 0 Å². The SMILES string of the molecule is CCC1(O)OC1C. The van der Waals surface area contributed by atoms with E-state index >= 15 is 0 Å². The van der Waals surface area contributed by atoms with Gasteiger partial charge in [0.05, 0.1) is 0 Å². The molecule has 0 saturated carbocycles. The lowest BCUT2D eigenvalue weighted by Crippen LogP contribution is -2.09. The highest BCUT2D eigenvalue weighted by Gasteiger charge is 2.50. The van der Waals surface area contributed by atoms with Gasteiger partial charge in [0.1, 0.15) is 6.10 Å². The average molecular weight is 102 g/mol. The first kappa shape index (κ1) is 5.06. The molecule has 1 fully saturated rings. The van der Waals surface area contributed by atoms with Crippen LogP contribution in [0.3, 0.4) is 0 Å². The van der Waals surface area contributed by atoms with Gasteiger partial charge >= 0.3 is 0 Å². The summed E-state index contributed by atoms with van der Waals surface area (Å²) in [7, 11) is 0. The van der Waals surface area contributed by atoms with Crippen molar-refractivity contribution >= 4 is 0 Å². The molecule has 7 heavy (non-hydrogen) atoms. The molecule has 0 radical (unpaired) electrons. The van der Waals surface area contributed by atoms with Crippen molar-refractivity contribution in [3.63, 3.8) is 0 Å². The molecule has 0 spiro atoms. The molecule has 0 aromatic carbocycles. The van der Waals surface area contributed by atoms with Crippen LogP contribution in [0.2, 0.25) is 0 Å². The Hall–Kier alpha value is -0.0800.